The number of carboxylic acid groups (broad SMARTS) is 1. The predicted octanol–water partition coefficient (Wildman–Crippen LogP) is 2.08. The first-order valence-electron chi connectivity index (χ1n) is 7.02. The summed E-state index contributed by atoms with van der Waals surface area (Å²) in [5, 5.41) is 13.9. The van der Waals surface area contributed by atoms with Gasteiger partial charge in [-0.05, 0) is 17.9 Å². The Morgan fingerprint density at radius 2 is 2.43 bits per heavy atom. The van der Waals surface area contributed by atoms with Crippen molar-refractivity contribution in [3.8, 4) is 0 Å². The molecule has 1 fully saturated rings. The molecule has 0 saturated carbocycles. The monoisotopic (exact) mass is 312 g/mol. The van der Waals surface area contributed by atoms with Crippen LogP contribution in [0.4, 0.5) is 4.79 Å². The van der Waals surface area contributed by atoms with E-state index in [-0.39, 0.29) is 25.1 Å². The number of ether oxygens (including phenoxy) is 1. The standard InChI is InChI=1S/C14H20N2O4S/c1-2-11(12-4-3-7-21-12)15-14(19)16-5-6-20-9-10(16)8-13(17)18/h3-4,7,10-11H,2,5-6,8-9H2,1H3,(H,15,19)(H,17,18). The number of amides is 2. The molecule has 1 saturated heterocycles. The molecule has 2 N–H and O–H groups in total. The Balaban J connectivity index is 2.01. The van der Waals surface area contributed by atoms with Gasteiger partial charge in [0.1, 0.15) is 0 Å². The van der Waals surface area contributed by atoms with Gasteiger partial charge in [0.2, 0.25) is 0 Å². The fourth-order valence-corrected chi connectivity index (χ4v) is 3.25. The number of morpholine rings is 1. The highest BCUT2D eigenvalue weighted by molar-refractivity contribution is 7.10. The average molecular weight is 312 g/mol. The van der Waals surface area contributed by atoms with Gasteiger partial charge in [-0.3, -0.25) is 4.79 Å². The van der Waals surface area contributed by atoms with Crippen molar-refractivity contribution in [2.24, 2.45) is 0 Å². The van der Waals surface area contributed by atoms with Crippen molar-refractivity contribution in [1.29, 1.82) is 0 Å². The SMILES string of the molecule is CCC(NC(=O)N1CCOCC1CC(=O)O)c1cccs1. The molecular weight excluding hydrogens is 292 g/mol. The molecule has 1 aromatic rings. The molecular formula is C14H20N2O4S. The van der Waals surface area contributed by atoms with Crippen molar-refractivity contribution in [3.05, 3.63) is 22.4 Å². The van der Waals surface area contributed by atoms with Crippen LogP contribution in [0, 0.1) is 0 Å². The van der Waals surface area contributed by atoms with Gasteiger partial charge in [-0.1, -0.05) is 13.0 Å². The summed E-state index contributed by atoms with van der Waals surface area (Å²) in [6.45, 7) is 3.15. The molecule has 2 amide bonds. The van der Waals surface area contributed by atoms with Crippen molar-refractivity contribution >= 4 is 23.3 Å². The Morgan fingerprint density at radius 1 is 1.62 bits per heavy atom. The molecule has 0 radical (unpaired) electrons. The van der Waals surface area contributed by atoms with E-state index >= 15 is 0 Å². The second-order valence-electron chi connectivity index (χ2n) is 4.95. The van der Waals surface area contributed by atoms with Gasteiger partial charge in [0.05, 0.1) is 31.7 Å². The third-order valence-electron chi connectivity index (χ3n) is 3.49. The minimum Gasteiger partial charge on any atom is -0.481 e. The van der Waals surface area contributed by atoms with Crippen LogP contribution in [0.3, 0.4) is 0 Å². The molecule has 0 aromatic carbocycles. The zero-order chi connectivity index (χ0) is 15.2. The van der Waals surface area contributed by atoms with Gasteiger partial charge in [0.15, 0.2) is 0 Å². The number of urea groups is 1. The van der Waals surface area contributed by atoms with Crippen LogP contribution in [0.1, 0.15) is 30.7 Å². The highest BCUT2D eigenvalue weighted by atomic mass is 32.1. The van der Waals surface area contributed by atoms with E-state index in [4.69, 9.17) is 9.84 Å². The van der Waals surface area contributed by atoms with Gasteiger partial charge in [-0.2, -0.15) is 0 Å². The Hall–Kier alpha value is -1.60. The molecule has 2 rings (SSSR count). The van der Waals surface area contributed by atoms with Crippen molar-refractivity contribution in [3.63, 3.8) is 0 Å². The second kappa shape index (κ2) is 7.42. The fourth-order valence-electron chi connectivity index (χ4n) is 2.39. The highest BCUT2D eigenvalue weighted by Crippen LogP contribution is 2.22. The molecule has 2 atom stereocenters. The van der Waals surface area contributed by atoms with Crippen molar-refractivity contribution in [2.75, 3.05) is 19.8 Å². The number of nitrogens with one attached hydrogen (secondary N) is 1. The van der Waals surface area contributed by atoms with Crippen LogP contribution in [0.2, 0.25) is 0 Å². The number of carboxylic acids is 1. The Kier molecular flexibility index (Phi) is 5.58. The molecule has 2 unspecified atom stereocenters. The zero-order valence-electron chi connectivity index (χ0n) is 11.9. The van der Waals surface area contributed by atoms with E-state index in [1.807, 2.05) is 24.4 Å². The Bertz CT molecular complexity index is 477. The molecule has 2 heterocycles. The lowest BCUT2D eigenvalue weighted by atomic mass is 10.1. The number of aliphatic carboxylic acids is 1. The fraction of sp³-hybridized carbons (Fsp3) is 0.571. The van der Waals surface area contributed by atoms with Crippen molar-refractivity contribution in [1.82, 2.24) is 10.2 Å². The average Bonchev–Trinajstić information content (AvgIpc) is 2.98. The summed E-state index contributed by atoms with van der Waals surface area (Å²) in [7, 11) is 0. The number of carbonyl (C=O) groups is 2. The summed E-state index contributed by atoms with van der Waals surface area (Å²) in [6, 6.07) is 3.29. The molecule has 21 heavy (non-hydrogen) atoms. The van der Waals surface area contributed by atoms with Crippen LogP contribution < -0.4 is 5.32 Å². The summed E-state index contributed by atoms with van der Waals surface area (Å²) >= 11 is 1.60. The van der Waals surface area contributed by atoms with Crippen LogP contribution >= 0.6 is 11.3 Å². The first-order valence-corrected chi connectivity index (χ1v) is 7.89. The number of thiophene rings is 1. The number of rotatable bonds is 5. The van der Waals surface area contributed by atoms with Crippen LogP contribution in [0.5, 0.6) is 0 Å². The smallest absolute Gasteiger partial charge is 0.318 e. The molecule has 6 nitrogen and oxygen atoms in total. The predicted molar refractivity (Wildman–Crippen MR) is 79.4 cm³/mol. The molecule has 1 aliphatic rings. The summed E-state index contributed by atoms with van der Waals surface area (Å²) in [5.41, 5.74) is 0. The van der Waals surface area contributed by atoms with Gasteiger partial charge in [-0.15, -0.1) is 11.3 Å². The molecule has 0 bridgehead atoms. The van der Waals surface area contributed by atoms with E-state index < -0.39 is 12.0 Å². The first kappa shape index (κ1) is 15.8. The Labute approximate surface area is 127 Å². The number of nitrogens with zero attached hydrogens (tertiary/aromatic N) is 1. The second-order valence-corrected chi connectivity index (χ2v) is 5.93. The molecule has 1 aromatic heterocycles. The minimum absolute atomic E-state index is 0.0363. The summed E-state index contributed by atoms with van der Waals surface area (Å²) < 4.78 is 5.28. The van der Waals surface area contributed by atoms with E-state index in [0.717, 1.165) is 11.3 Å². The highest BCUT2D eigenvalue weighted by Gasteiger charge is 2.30. The topological polar surface area (TPSA) is 78.9 Å². The van der Waals surface area contributed by atoms with Crippen LogP contribution in [-0.4, -0.2) is 47.8 Å². The van der Waals surface area contributed by atoms with Crippen molar-refractivity contribution < 1.29 is 19.4 Å². The number of hydrogen-bond donors (Lipinski definition) is 2. The normalized spacial score (nSPS) is 20.0. The zero-order valence-corrected chi connectivity index (χ0v) is 12.8. The number of hydrogen-bond acceptors (Lipinski definition) is 4. The quantitative estimate of drug-likeness (QED) is 0.872. The lowest BCUT2D eigenvalue weighted by Crippen LogP contribution is -2.53. The molecule has 116 valence electrons. The number of carbonyl (C=O) groups excluding carboxylic acids is 1. The maximum atomic E-state index is 12.4. The van der Waals surface area contributed by atoms with E-state index in [9.17, 15) is 9.59 Å². The van der Waals surface area contributed by atoms with Crippen LogP contribution in [0.25, 0.3) is 0 Å². The maximum Gasteiger partial charge on any atom is 0.318 e. The lowest BCUT2D eigenvalue weighted by Gasteiger charge is -2.35. The van der Waals surface area contributed by atoms with Gasteiger partial charge in [0.25, 0.3) is 0 Å². The first-order chi connectivity index (χ1) is 10.1. The molecule has 0 aliphatic carbocycles. The largest absolute Gasteiger partial charge is 0.481 e. The van der Waals surface area contributed by atoms with Crippen molar-refractivity contribution in [2.45, 2.75) is 31.8 Å². The van der Waals surface area contributed by atoms with Gasteiger partial charge in [0, 0.05) is 11.4 Å². The van der Waals surface area contributed by atoms with E-state index in [2.05, 4.69) is 5.32 Å². The van der Waals surface area contributed by atoms with Crippen LogP contribution in [0.15, 0.2) is 17.5 Å². The summed E-state index contributed by atoms with van der Waals surface area (Å²) in [6.07, 6.45) is 0.698. The summed E-state index contributed by atoms with van der Waals surface area (Å²) in [5.74, 6) is -0.923. The van der Waals surface area contributed by atoms with E-state index in [1.165, 1.54) is 0 Å². The summed E-state index contributed by atoms with van der Waals surface area (Å²) in [4.78, 5) is 26.0. The van der Waals surface area contributed by atoms with E-state index in [1.54, 1.807) is 16.2 Å². The third kappa shape index (κ3) is 4.18. The maximum absolute atomic E-state index is 12.4. The van der Waals surface area contributed by atoms with E-state index in [0.29, 0.717) is 13.2 Å². The lowest BCUT2D eigenvalue weighted by molar-refractivity contribution is -0.139. The molecule has 1 aliphatic heterocycles. The minimum atomic E-state index is -0.923. The Morgan fingerprint density at radius 3 is 3.05 bits per heavy atom. The van der Waals surface area contributed by atoms with Gasteiger partial charge >= 0.3 is 12.0 Å². The molecule has 7 heteroatoms. The van der Waals surface area contributed by atoms with Gasteiger partial charge in [-0.25, -0.2) is 4.79 Å². The molecule has 0 spiro atoms. The van der Waals surface area contributed by atoms with Gasteiger partial charge < -0.3 is 20.1 Å². The van der Waals surface area contributed by atoms with Crippen LogP contribution in [-0.2, 0) is 9.53 Å². The third-order valence-corrected chi connectivity index (χ3v) is 4.48.